The molecule has 0 aromatic heterocycles. The normalized spacial score (nSPS) is 32.0. The van der Waals surface area contributed by atoms with Gasteiger partial charge in [0.15, 0.2) is 0 Å². The minimum Gasteiger partial charge on any atom is -0.371 e. The van der Waals surface area contributed by atoms with Crippen LogP contribution in [0.5, 0.6) is 0 Å². The van der Waals surface area contributed by atoms with Crippen LogP contribution in [0.15, 0.2) is 11.3 Å². The molecule has 0 unspecified atom stereocenters. The summed E-state index contributed by atoms with van der Waals surface area (Å²) in [4.78, 5) is 0. The van der Waals surface area contributed by atoms with Gasteiger partial charge in [0.2, 0.25) is 0 Å². The first-order valence-corrected chi connectivity index (χ1v) is 9.12. The van der Waals surface area contributed by atoms with E-state index in [1.54, 1.807) is 11.3 Å². The van der Waals surface area contributed by atoms with Crippen molar-refractivity contribution < 1.29 is 0 Å². The first-order valence-electron chi connectivity index (χ1n) is 9.12. The van der Waals surface area contributed by atoms with Gasteiger partial charge in [0.25, 0.3) is 0 Å². The lowest BCUT2D eigenvalue weighted by molar-refractivity contribution is 0.0953. The molecule has 3 aliphatic carbocycles. The van der Waals surface area contributed by atoms with Crippen molar-refractivity contribution in [3.05, 3.63) is 11.3 Å². The van der Waals surface area contributed by atoms with E-state index >= 15 is 0 Å². The van der Waals surface area contributed by atoms with Crippen LogP contribution in [0.4, 0.5) is 0 Å². The molecule has 0 aromatic rings. The molecule has 0 amide bonds. The molecule has 4 aliphatic rings. The van der Waals surface area contributed by atoms with Crippen LogP contribution in [0.3, 0.4) is 0 Å². The van der Waals surface area contributed by atoms with Gasteiger partial charge >= 0.3 is 0 Å². The first-order chi connectivity index (χ1) is 9.82. The Morgan fingerprint density at radius 3 is 2.05 bits per heavy atom. The molecule has 0 saturated heterocycles. The summed E-state index contributed by atoms with van der Waals surface area (Å²) in [6, 6.07) is 0. The van der Waals surface area contributed by atoms with Crippen molar-refractivity contribution >= 4 is 0 Å². The second kappa shape index (κ2) is 5.05. The van der Waals surface area contributed by atoms with E-state index in [4.69, 9.17) is 0 Å². The first kappa shape index (κ1) is 13.2. The average molecular weight is 274 g/mol. The lowest BCUT2D eigenvalue weighted by Crippen LogP contribution is -2.70. The van der Waals surface area contributed by atoms with Gasteiger partial charge in [-0.2, -0.15) is 0 Å². The molecule has 2 N–H and O–H groups in total. The summed E-state index contributed by atoms with van der Waals surface area (Å²) in [7, 11) is 0. The maximum atomic E-state index is 4.21. The van der Waals surface area contributed by atoms with Crippen molar-refractivity contribution in [2.45, 2.75) is 101 Å². The molecular formula is C18H30N2. The molecule has 1 aliphatic heterocycles. The average Bonchev–Trinajstić information content (AvgIpc) is 2.49. The van der Waals surface area contributed by atoms with Gasteiger partial charge in [0.1, 0.15) is 0 Å². The third kappa shape index (κ3) is 2.11. The summed E-state index contributed by atoms with van der Waals surface area (Å²) >= 11 is 0. The van der Waals surface area contributed by atoms with E-state index in [2.05, 4.69) is 10.6 Å². The fraction of sp³-hybridized carbons (Fsp3) is 0.889. The van der Waals surface area contributed by atoms with E-state index in [1.165, 1.54) is 89.9 Å². The summed E-state index contributed by atoms with van der Waals surface area (Å²) in [5.74, 6) is 0. The summed E-state index contributed by atoms with van der Waals surface area (Å²) in [6.45, 7) is 0. The Bertz CT molecular complexity index is 398. The number of rotatable bonds is 0. The van der Waals surface area contributed by atoms with Crippen LogP contribution in [0, 0.1) is 0 Å². The molecule has 20 heavy (non-hydrogen) atoms. The maximum absolute atomic E-state index is 4.21. The van der Waals surface area contributed by atoms with Gasteiger partial charge in [-0.3, -0.25) is 5.32 Å². The Morgan fingerprint density at radius 2 is 1.30 bits per heavy atom. The van der Waals surface area contributed by atoms with Gasteiger partial charge < -0.3 is 5.32 Å². The standard InChI is InChI=1S/C18H30N2/c1-5-11-17(12-6-1)15-9-3-4-10-16(15)19-18(20-17)13-7-2-8-14-18/h19-20H,1-14H2. The van der Waals surface area contributed by atoms with E-state index in [-0.39, 0.29) is 5.66 Å². The molecule has 112 valence electrons. The predicted octanol–water partition coefficient (Wildman–Crippen LogP) is 4.37. The molecule has 0 atom stereocenters. The maximum Gasteiger partial charge on any atom is 0.0885 e. The fourth-order valence-corrected chi connectivity index (χ4v) is 5.41. The Hall–Kier alpha value is -0.500. The molecule has 2 spiro atoms. The van der Waals surface area contributed by atoms with Gasteiger partial charge in [0, 0.05) is 11.2 Å². The van der Waals surface area contributed by atoms with Crippen molar-refractivity contribution in [1.29, 1.82) is 0 Å². The molecule has 4 rings (SSSR count). The highest BCUT2D eigenvalue weighted by molar-refractivity contribution is 5.34. The Balaban J connectivity index is 1.71. The predicted molar refractivity (Wildman–Crippen MR) is 83.4 cm³/mol. The third-order valence-corrected chi connectivity index (χ3v) is 6.33. The van der Waals surface area contributed by atoms with Crippen LogP contribution in [0.1, 0.15) is 89.9 Å². The van der Waals surface area contributed by atoms with Crippen molar-refractivity contribution in [3.8, 4) is 0 Å². The molecule has 0 aromatic carbocycles. The van der Waals surface area contributed by atoms with Gasteiger partial charge in [-0.15, -0.1) is 0 Å². The van der Waals surface area contributed by atoms with E-state index in [9.17, 15) is 0 Å². The molecule has 2 saturated carbocycles. The van der Waals surface area contributed by atoms with Crippen molar-refractivity contribution in [3.63, 3.8) is 0 Å². The molecule has 2 fully saturated rings. The quantitative estimate of drug-likeness (QED) is 0.685. The molecular weight excluding hydrogens is 244 g/mol. The number of allylic oxidation sites excluding steroid dienone is 1. The second-order valence-corrected chi connectivity index (χ2v) is 7.70. The highest BCUT2D eigenvalue weighted by Gasteiger charge is 2.48. The van der Waals surface area contributed by atoms with Crippen LogP contribution in [0.2, 0.25) is 0 Å². The minimum atomic E-state index is 0.256. The lowest BCUT2D eigenvalue weighted by atomic mass is 9.68. The topological polar surface area (TPSA) is 24.1 Å². The minimum absolute atomic E-state index is 0.256. The summed E-state index contributed by atoms with van der Waals surface area (Å²) < 4.78 is 0. The monoisotopic (exact) mass is 274 g/mol. The highest BCUT2D eigenvalue weighted by Crippen LogP contribution is 2.46. The fourth-order valence-electron chi connectivity index (χ4n) is 5.41. The number of hydrogen-bond donors (Lipinski definition) is 2. The second-order valence-electron chi connectivity index (χ2n) is 7.70. The molecule has 0 bridgehead atoms. The van der Waals surface area contributed by atoms with Gasteiger partial charge in [-0.1, -0.05) is 25.7 Å². The van der Waals surface area contributed by atoms with Crippen molar-refractivity contribution in [1.82, 2.24) is 10.6 Å². The zero-order chi connectivity index (χ0) is 13.5. The van der Waals surface area contributed by atoms with E-state index < -0.39 is 0 Å². The Labute approximate surface area is 123 Å². The van der Waals surface area contributed by atoms with E-state index in [0.29, 0.717) is 5.54 Å². The molecule has 2 nitrogen and oxygen atoms in total. The number of nitrogens with one attached hydrogen (secondary N) is 2. The molecule has 1 heterocycles. The summed E-state index contributed by atoms with van der Waals surface area (Å²) in [5.41, 5.74) is 4.10. The zero-order valence-electron chi connectivity index (χ0n) is 12.9. The largest absolute Gasteiger partial charge is 0.371 e. The van der Waals surface area contributed by atoms with Crippen LogP contribution < -0.4 is 10.6 Å². The number of fused-ring (bicyclic) bond motifs is 1. The SMILES string of the molecule is C1CCC2(CC1)NC1=C(CCCC1)C1(CCCCC1)N2. The van der Waals surface area contributed by atoms with Crippen molar-refractivity contribution in [2.75, 3.05) is 0 Å². The summed E-state index contributed by atoms with van der Waals surface area (Å²) in [5, 5.41) is 8.23. The molecule has 0 radical (unpaired) electrons. The smallest absolute Gasteiger partial charge is 0.0885 e. The van der Waals surface area contributed by atoms with Crippen LogP contribution in [0.25, 0.3) is 0 Å². The Kier molecular flexibility index (Phi) is 3.33. The third-order valence-electron chi connectivity index (χ3n) is 6.33. The molecule has 2 heteroatoms. The van der Waals surface area contributed by atoms with Gasteiger partial charge in [-0.05, 0) is 69.8 Å². The van der Waals surface area contributed by atoms with Crippen LogP contribution in [-0.4, -0.2) is 11.2 Å². The van der Waals surface area contributed by atoms with Crippen molar-refractivity contribution in [2.24, 2.45) is 0 Å². The lowest BCUT2D eigenvalue weighted by Gasteiger charge is -2.56. The summed E-state index contributed by atoms with van der Waals surface area (Å²) in [6.07, 6.45) is 19.5. The number of hydrogen-bond acceptors (Lipinski definition) is 2. The Morgan fingerprint density at radius 1 is 0.650 bits per heavy atom. The van der Waals surface area contributed by atoms with Gasteiger partial charge in [-0.25, -0.2) is 0 Å². The highest BCUT2D eigenvalue weighted by atomic mass is 15.3. The van der Waals surface area contributed by atoms with Crippen LogP contribution in [-0.2, 0) is 0 Å². The van der Waals surface area contributed by atoms with Gasteiger partial charge in [0.05, 0.1) is 5.66 Å². The zero-order valence-corrected chi connectivity index (χ0v) is 12.9. The van der Waals surface area contributed by atoms with E-state index in [1.807, 2.05) is 0 Å². The van der Waals surface area contributed by atoms with E-state index in [0.717, 1.165) is 0 Å². The van der Waals surface area contributed by atoms with Crippen LogP contribution >= 0.6 is 0 Å².